The van der Waals surface area contributed by atoms with Gasteiger partial charge in [-0.3, -0.25) is 0 Å². The number of amides is 2. The Morgan fingerprint density at radius 3 is 3.08 bits per heavy atom. The third kappa shape index (κ3) is 2.66. The van der Waals surface area contributed by atoms with Gasteiger partial charge in [0.1, 0.15) is 5.82 Å². The Balaban J connectivity index is 1.43. The van der Waals surface area contributed by atoms with Crippen LogP contribution in [0.2, 0.25) is 0 Å². The van der Waals surface area contributed by atoms with Crippen LogP contribution in [0.1, 0.15) is 48.1 Å². The molecule has 1 aliphatic heterocycles. The molecule has 1 aromatic carbocycles. The number of fused-ring (bicyclic) bond motifs is 2. The Kier molecular flexibility index (Phi) is 3.96. The molecule has 0 bridgehead atoms. The summed E-state index contributed by atoms with van der Waals surface area (Å²) in [4.78, 5) is 14.4. The first-order chi connectivity index (χ1) is 11.7. The lowest BCUT2D eigenvalue weighted by molar-refractivity contribution is 0.183. The smallest absolute Gasteiger partial charge is 0.318 e. The van der Waals surface area contributed by atoms with Gasteiger partial charge in [-0.15, -0.1) is 10.2 Å². The van der Waals surface area contributed by atoms with E-state index >= 15 is 0 Å². The van der Waals surface area contributed by atoms with Gasteiger partial charge in [0.2, 0.25) is 0 Å². The van der Waals surface area contributed by atoms with Crippen LogP contribution in [-0.2, 0) is 25.9 Å². The number of aryl methyl sites for hydroxylation is 2. The number of benzene rings is 1. The van der Waals surface area contributed by atoms with Gasteiger partial charge in [-0.05, 0) is 36.8 Å². The third-order valence-corrected chi connectivity index (χ3v) is 5.21. The predicted molar refractivity (Wildman–Crippen MR) is 90.5 cm³/mol. The summed E-state index contributed by atoms with van der Waals surface area (Å²) in [7, 11) is 1.89. The van der Waals surface area contributed by atoms with Crippen LogP contribution in [-0.4, -0.2) is 32.7 Å². The summed E-state index contributed by atoms with van der Waals surface area (Å²) in [5.41, 5.74) is 2.65. The van der Waals surface area contributed by atoms with Crippen LogP contribution < -0.4 is 5.32 Å². The topological polar surface area (TPSA) is 63.1 Å². The molecule has 0 saturated heterocycles. The van der Waals surface area contributed by atoms with Crippen LogP contribution in [0.3, 0.4) is 0 Å². The monoisotopic (exact) mass is 325 g/mol. The van der Waals surface area contributed by atoms with E-state index in [4.69, 9.17) is 0 Å². The first-order valence-electron chi connectivity index (χ1n) is 8.73. The first kappa shape index (κ1) is 15.2. The van der Waals surface area contributed by atoms with E-state index in [2.05, 4.69) is 44.3 Å². The van der Waals surface area contributed by atoms with Gasteiger partial charge >= 0.3 is 6.03 Å². The van der Waals surface area contributed by atoms with Crippen molar-refractivity contribution in [2.75, 3.05) is 7.05 Å². The van der Waals surface area contributed by atoms with Crippen molar-refractivity contribution in [2.45, 2.75) is 51.2 Å². The average molecular weight is 325 g/mol. The number of rotatable bonds is 3. The molecule has 2 aliphatic rings. The lowest BCUT2D eigenvalue weighted by Gasteiger charge is -2.33. The van der Waals surface area contributed by atoms with Crippen LogP contribution in [0.4, 0.5) is 4.79 Å². The second-order valence-electron chi connectivity index (χ2n) is 6.66. The van der Waals surface area contributed by atoms with E-state index in [0.717, 1.165) is 50.3 Å². The fourth-order valence-corrected chi connectivity index (χ4v) is 3.89. The summed E-state index contributed by atoms with van der Waals surface area (Å²) in [6, 6.07) is 8.56. The fourth-order valence-electron chi connectivity index (χ4n) is 3.89. The molecule has 1 unspecified atom stereocenters. The van der Waals surface area contributed by atoms with Gasteiger partial charge in [-0.1, -0.05) is 24.3 Å². The molecule has 2 heterocycles. The van der Waals surface area contributed by atoms with Crippen molar-refractivity contribution in [2.24, 2.45) is 0 Å². The minimum atomic E-state index is -0.0490. The zero-order chi connectivity index (χ0) is 16.5. The van der Waals surface area contributed by atoms with Crippen LogP contribution in [0.25, 0.3) is 0 Å². The van der Waals surface area contributed by atoms with Crippen molar-refractivity contribution in [3.63, 3.8) is 0 Å². The van der Waals surface area contributed by atoms with E-state index in [0.29, 0.717) is 6.54 Å². The molecule has 1 N–H and O–H groups in total. The van der Waals surface area contributed by atoms with E-state index in [-0.39, 0.29) is 12.1 Å². The molecular weight excluding hydrogens is 302 g/mol. The Bertz CT molecular complexity index is 754. The molecule has 0 saturated carbocycles. The van der Waals surface area contributed by atoms with Crippen molar-refractivity contribution < 1.29 is 4.79 Å². The van der Waals surface area contributed by atoms with Crippen molar-refractivity contribution >= 4 is 6.03 Å². The van der Waals surface area contributed by atoms with Crippen molar-refractivity contribution in [3.8, 4) is 0 Å². The van der Waals surface area contributed by atoms with Crippen molar-refractivity contribution in [1.82, 2.24) is 25.0 Å². The molecule has 1 atom stereocenters. The summed E-state index contributed by atoms with van der Waals surface area (Å²) in [6.45, 7) is 1.39. The Morgan fingerprint density at radius 2 is 2.17 bits per heavy atom. The Morgan fingerprint density at radius 1 is 1.29 bits per heavy atom. The van der Waals surface area contributed by atoms with Gasteiger partial charge in [-0.25, -0.2) is 4.79 Å². The normalized spacial score (nSPS) is 18.8. The molecule has 1 aliphatic carbocycles. The minimum Gasteiger partial charge on any atom is -0.331 e. The molecule has 6 heteroatoms. The Labute approximate surface area is 141 Å². The second kappa shape index (κ2) is 6.26. The van der Waals surface area contributed by atoms with E-state index in [1.807, 2.05) is 11.9 Å². The number of aromatic nitrogens is 3. The van der Waals surface area contributed by atoms with Gasteiger partial charge in [0, 0.05) is 20.0 Å². The van der Waals surface area contributed by atoms with Crippen LogP contribution in [0.5, 0.6) is 0 Å². The molecule has 24 heavy (non-hydrogen) atoms. The largest absolute Gasteiger partial charge is 0.331 e. The molecule has 2 aromatic rings. The van der Waals surface area contributed by atoms with Crippen molar-refractivity contribution in [3.05, 3.63) is 47.0 Å². The highest BCUT2D eigenvalue weighted by Crippen LogP contribution is 2.33. The summed E-state index contributed by atoms with van der Waals surface area (Å²) < 4.78 is 2.12. The molecule has 0 radical (unpaired) electrons. The number of hydrogen-bond acceptors (Lipinski definition) is 3. The highest BCUT2D eigenvalue weighted by atomic mass is 16.2. The third-order valence-electron chi connectivity index (χ3n) is 5.21. The van der Waals surface area contributed by atoms with Gasteiger partial charge < -0.3 is 14.8 Å². The summed E-state index contributed by atoms with van der Waals surface area (Å²) >= 11 is 0. The van der Waals surface area contributed by atoms with E-state index in [1.54, 1.807) is 0 Å². The second-order valence-corrected chi connectivity index (χ2v) is 6.66. The van der Waals surface area contributed by atoms with Crippen molar-refractivity contribution in [1.29, 1.82) is 0 Å². The fraction of sp³-hybridized carbons (Fsp3) is 0.500. The first-order valence-corrected chi connectivity index (χ1v) is 8.73. The summed E-state index contributed by atoms with van der Waals surface area (Å²) in [5, 5.41) is 11.4. The van der Waals surface area contributed by atoms with Gasteiger partial charge in [-0.2, -0.15) is 0 Å². The van der Waals surface area contributed by atoms with Gasteiger partial charge in [0.25, 0.3) is 0 Å². The SMILES string of the molecule is CN(C(=O)NCc1nnc2n1CCC2)C1CCCc2ccccc21. The maximum absolute atomic E-state index is 12.6. The highest BCUT2D eigenvalue weighted by molar-refractivity contribution is 5.74. The molecule has 1 aromatic heterocycles. The molecule has 0 spiro atoms. The highest BCUT2D eigenvalue weighted by Gasteiger charge is 2.26. The van der Waals surface area contributed by atoms with Crippen LogP contribution in [0.15, 0.2) is 24.3 Å². The van der Waals surface area contributed by atoms with E-state index in [9.17, 15) is 4.79 Å². The number of hydrogen-bond donors (Lipinski definition) is 1. The van der Waals surface area contributed by atoms with Gasteiger partial charge in [0.05, 0.1) is 12.6 Å². The number of urea groups is 1. The zero-order valence-electron chi connectivity index (χ0n) is 14.0. The van der Waals surface area contributed by atoms with E-state index in [1.165, 1.54) is 11.1 Å². The molecule has 4 rings (SSSR count). The lowest BCUT2D eigenvalue weighted by atomic mass is 9.87. The predicted octanol–water partition coefficient (Wildman–Crippen LogP) is 2.44. The molecule has 6 nitrogen and oxygen atoms in total. The summed E-state index contributed by atoms with van der Waals surface area (Å²) in [6.07, 6.45) is 5.34. The zero-order valence-corrected chi connectivity index (χ0v) is 14.0. The van der Waals surface area contributed by atoms with Crippen LogP contribution >= 0.6 is 0 Å². The lowest BCUT2D eigenvalue weighted by Crippen LogP contribution is -2.40. The Hall–Kier alpha value is -2.37. The maximum Gasteiger partial charge on any atom is 0.318 e. The standard InChI is InChI=1S/C18H23N5O/c1-22(15-9-4-7-13-6-2-3-8-14(13)15)18(24)19-12-17-21-20-16-10-5-11-23(16)17/h2-3,6,8,15H,4-5,7,9-12H2,1H3,(H,19,24). The average Bonchev–Trinajstić information content (AvgIpc) is 3.22. The number of carbonyl (C=O) groups is 1. The molecule has 2 amide bonds. The van der Waals surface area contributed by atoms with Crippen LogP contribution in [0, 0.1) is 0 Å². The van der Waals surface area contributed by atoms with E-state index < -0.39 is 0 Å². The number of carbonyl (C=O) groups excluding carboxylic acids is 1. The number of nitrogens with zero attached hydrogens (tertiary/aromatic N) is 4. The molecule has 126 valence electrons. The molecule has 0 fully saturated rings. The summed E-state index contributed by atoms with van der Waals surface area (Å²) in [5.74, 6) is 1.89. The minimum absolute atomic E-state index is 0.0490. The quantitative estimate of drug-likeness (QED) is 0.943. The molecular formula is C18H23N5O. The maximum atomic E-state index is 12.6. The van der Waals surface area contributed by atoms with Gasteiger partial charge in [0.15, 0.2) is 5.82 Å². The number of nitrogens with one attached hydrogen (secondary N) is 1.